The summed E-state index contributed by atoms with van der Waals surface area (Å²) >= 11 is 0. The van der Waals surface area contributed by atoms with Crippen molar-refractivity contribution in [2.24, 2.45) is 0 Å². The number of aromatic nitrogens is 1. The number of pyridine rings is 1. The molecule has 0 radical (unpaired) electrons. The molecule has 22 heavy (non-hydrogen) atoms. The maximum Gasteiger partial charge on any atom is 0.410 e. The summed E-state index contributed by atoms with van der Waals surface area (Å²) in [5.41, 5.74) is 0.440. The van der Waals surface area contributed by atoms with Crippen LogP contribution < -0.4 is 0 Å². The van der Waals surface area contributed by atoms with Gasteiger partial charge in [-0.05, 0) is 52.2 Å². The SMILES string of the molecule is CC(C)(C)OC(=O)N1CCCC[C@H]1COCc1ccccn1. The lowest BCUT2D eigenvalue weighted by molar-refractivity contribution is -0.0103. The first-order valence-electron chi connectivity index (χ1n) is 7.93. The topological polar surface area (TPSA) is 51.7 Å². The lowest BCUT2D eigenvalue weighted by Gasteiger charge is -2.36. The average Bonchev–Trinajstić information content (AvgIpc) is 2.47. The van der Waals surface area contributed by atoms with Crippen LogP contribution in [0.4, 0.5) is 4.79 Å². The Bertz CT molecular complexity index is 471. The summed E-state index contributed by atoms with van der Waals surface area (Å²) in [7, 11) is 0. The fourth-order valence-electron chi connectivity index (χ4n) is 2.52. The van der Waals surface area contributed by atoms with Crippen molar-refractivity contribution in [1.82, 2.24) is 9.88 Å². The van der Waals surface area contributed by atoms with Gasteiger partial charge in [0.25, 0.3) is 0 Å². The average molecular weight is 306 g/mol. The molecule has 1 fully saturated rings. The second-order valence-electron chi connectivity index (χ2n) is 6.66. The summed E-state index contributed by atoms with van der Waals surface area (Å²) in [6.07, 6.45) is 4.62. The van der Waals surface area contributed by atoms with Crippen LogP contribution in [0.1, 0.15) is 45.7 Å². The van der Waals surface area contributed by atoms with Gasteiger partial charge in [0.2, 0.25) is 0 Å². The first kappa shape index (κ1) is 16.7. The molecule has 1 saturated heterocycles. The first-order chi connectivity index (χ1) is 10.5. The molecule has 1 atom stereocenters. The monoisotopic (exact) mass is 306 g/mol. The summed E-state index contributed by atoms with van der Waals surface area (Å²) in [6.45, 7) is 7.41. The van der Waals surface area contributed by atoms with Crippen LogP contribution in [0.15, 0.2) is 24.4 Å². The van der Waals surface area contributed by atoms with E-state index in [1.807, 2.05) is 43.9 Å². The number of carbonyl (C=O) groups excluding carboxylic acids is 1. The van der Waals surface area contributed by atoms with E-state index >= 15 is 0 Å². The number of piperidine rings is 1. The van der Waals surface area contributed by atoms with Gasteiger partial charge >= 0.3 is 6.09 Å². The number of likely N-dealkylation sites (tertiary alicyclic amines) is 1. The molecule has 5 heteroatoms. The largest absolute Gasteiger partial charge is 0.444 e. The maximum absolute atomic E-state index is 12.3. The van der Waals surface area contributed by atoms with E-state index in [-0.39, 0.29) is 12.1 Å². The van der Waals surface area contributed by atoms with E-state index < -0.39 is 5.60 Å². The summed E-state index contributed by atoms with van der Waals surface area (Å²) in [5, 5.41) is 0. The molecule has 2 heterocycles. The van der Waals surface area contributed by atoms with Gasteiger partial charge in [0.1, 0.15) is 5.60 Å². The Morgan fingerprint density at radius 3 is 2.86 bits per heavy atom. The molecule has 1 aromatic rings. The second kappa shape index (κ2) is 7.58. The molecule has 0 unspecified atom stereocenters. The van der Waals surface area contributed by atoms with Crippen molar-refractivity contribution in [3.8, 4) is 0 Å². The van der Waals surface area contributed by atoms with Gasteiger partial charge in [-0.2, -0.15) is 0 Å². The fourth-order valence-corrected chi connectivity index (χ4v) is 2.52. The molecule has 5 nitrogen and oxygen atoms in total. The summed E-state index contributed by atoms with van der Waals surface area (Å²) in [4.78, 5) is 18.3. The molecule has 0 aromatic carbocycles. The lowest BCUT2D eigenvalue weighted by Crippen LogP contribution is -2.48. The van der Waals surface area contributed by atoms with Crippen LogP contribution in [0, 0.1) is 0 Å². The van der Waals surface area contributed by atoms with Gasteiger partial charge in [0.15, 0.2) is 0 Å². The Balaban J connectivity index is 1.85. The van der Waals surface area contributed by atoms with Gasteiger partial charge in [-0.15, -0.1) is 0 Å². The van der Waals surface area contributed by atoms with E-state index in [2.05, 4.69) is 4.98 Å². The maximum atomic E-state index is 12.3. The van der Waals surface area contributed by atoms with Crippen LogP contribution >= 0.6 is 0 Å². The van der Waals surface area contributed by atoms with Crippen LogP contribution in [0.25, 0.3) is 0 Å². The van der Waals surface area contributed by atoms with Crippen LogP contribution in [0.5, 0.6) is 0 Å². The van der Waals surface area contributed by atoms with Crippen LogP contribution in [-0.4, -0.2) is 40.8 Å². The Hall–Kier alpha value is -1.62. The van der Waals surface area contributed by atoms with E-state index in [1.54, 1.807) is 6.20 Å². The minimum Gasteiger partial charge on any atom is -0.444 e. The summed E-state index contributed by atoms with van der Waals surface area (Å²) in [6, 6.07) is 5.85. The molecule has 1 aromatic heterocycles. The zero-order valence-corrected chi connectivity index (χ0v) is 13.7. The van der Waals surface area contributed by atoms with Crippen LogP contribution in [-0.2, 0) is 16.1 Å². The van der Waals surface area contributed by atoms with Crippen LogP contribution in [0.2, 0.25) is 0 Å². The van der Waals surface area contributed by atoms with Crippen molar-refractivity contribution < 1.29 is 14.3 Å². The minimum atomic E-state index is -0.464. The van der Waals surface area contributed by atoms with Gasteiger partial charge in [0, 0.05) is 12.7 Å². The molecular weight excluding hydrogens is 280 g/mol. The quantitative estimate of drug-likeness (QED) is 0.855. The molecule has 0 N–H and O–H groups in total. The molecule has 2 rings (SSSR count). The smallest absolute Gasteiger partial charge is 0.410 e. The zero-order chi connectivity index (χ0) is 16.0. The predicted octanol–water partition coefficient (Wildman–Crippen LogP) is 3.39. The zero-order valence-electron chi connectivity index (χ0n) is 13.7. The Morgan fingerprint density at radius 2 is 2.18 bits per heavy atom. The third-order valence-corrected chi connectivity index (χ3v) is 3.54. The normalized spacial score (nSPS) is 19.0. The predicted molar refractivity (Wildman–Crippen MR) is 84.5 cm³/mol. The Morgan fingerprint density at radius 1 is 1.36 bits per heavy atom. The van der Waals surface area contributed by atoms with Gasteiger partial charge in [-0.3, -0.25) is 4.98 Å². The number of nitrogens with zero attached hydrogens (tertiary/aromatic N) is 2. The fraction of sp³-hybridized carbons (Fsp3) is 0.647. The molecule has 0 bridgehead atoms. The molecule has 0 aliphatic carbocycles. The number of hydrogen-bond acceptors (Lipinski definition) is 4. The number of carbonyl (C=O) groups is 1. The van der Waals surface area contributed by atoms with E-state index in [1.165, 1.54) is 0 Å². The summed E-state index contributed by atoms with van der Waals surface area (Å²) in [5.74, 6) is 0. The highest BCUT2D eigenvalue weighted by Crippen LogP contribution is 2.21. The van der Waals surface area contributed by atoms with Crippen LogP contribution in [0.3, 0.4) is 0 Å². The van der Waals surface area contributed by atoms with E-state index in [9.17, 15) is 4.79 Å². The molecule has 1 aliphatic rings. The van der Waals surface area contributed by atoms with Gasteiger partial charge in [-0.25, -0.2) is 4.79 Å². The highest BCUT2D eigenvalue weighted by molar-refractivity contribution is 5.68. The number of hydrogen-bond donors (Lipinski definition) is 0. The van der Waals surface area contributed by atoms with Gasteiger partial charge in [0.05, 0.1) is 24.9 Å². The van der Waals surface area contributed by atoms with E-state index in [4.69, 9.17) is 9.47 Å². The molecular formula is C17H26N2O3. The number of ether oxygens (including phenoxy) is 2. The third-order valence-electron chi connectivity index (χ3n) is 3.54. The third kappa shape index (κ3) is 5.30. The molecule has 122 valence electrons. The molecule has 0 spiro atoms. The lowest BCUT2D eigenvalue weighted by atomic mass is 10.0. The second-order valence-corrected chi connectivity index (χ2v) is 6.66. The first-order valence-corrected chi connectivity index (χ1v) is 7.93. The van der Waals surface area contributed by atoms with Gasteiger partial charge in [-0.1, -0.05) is 6.07 Å². The van der Waals surface area contributed by atoms with Crippen molar-refractivity contribution >= 4 is 6.09 Å². The summed E-state index contributed by atoms with van der Waals surface area (Å²) < 4.78 is 11.2. The van der Waals surface area contributed by atoms with Crippen molar-refractivity contribution in [2.45, 2.75) is 58.3 Å². The Labute approximate surface area is 132 Å². The van der Waals surface area contributed by atoms with Gasteiger partial charge < -0.3 is 14.4 Å². The molecule has 1 amide bonds. The molecule has 1 aliphatic heterocycles. The van der Waals surface area contributed by atoms with E-state index in [0.29, 0.717) is 13.2 Å². The number of amides is 1. The van der Waals surface area contributed by atoms with Crippen molar-refractivity contribution in [3.63, 3.8) is 0 Å². The highest BCUT2D eigenvalue weighted by atomic mass is 16.6. The minimum absolute atomic E-state index is 0.0901. The van der Waals surface area contributed by atoms with Crippen molar-refractivity contribution in [1.29, 1.82) is 0 Å². The standard InChI is InChI=1S/C17H26N2O3/c1-17(2,3)22-16(20)19-11-7-5-9-15(19)13-21-12-14-8-4-6-10-18-14/h4,6,8,10,15H,5,7,9,11-13H2,1-3H3/t15-/m0/s1. The Kier molecular flexibility index (Phi) is 5.77. The highest BCUT2D eigenvalue weighted by Gasteiger charge is 2.30. The van der Waals surface area contributed by atoms with E-state index in [0.717, 1.165) is 31.5 Å². The molecule has 0 saturated carbocycles. The van der Waals surface area contributed by atoms with Crippen molar-refractivity contribution in [3.05, 3.63) is 30.1 Å². The van der Waals surface area contributed by atoms with Crippen molar-refractivity contribution in [2.75, 3.05) is 13.2 Å². The number of rotatable bonds is 4.